The van der Waals surface area contributed by atoms with E-state index in [1.165, 1.54) is 93.8 Å². The van der Waals surface area contributed by atoms with Crippen LogP contribution in [-0.4, -0.2) is 41.1 Å². The molecule has 50 heavy (non-hydrogen) atoms. The number of rotatable bonds is 23. The Hall–Kier alpha value is -3.88. The van der Waals surface area contributed by atoms with Crippen LogP contribution in [0.25, 0.3) is 27.2 Å². The Morgan fingerprint density at radius 1 is 0.880 bits per heavy atom. The molecule has 2 aromatic carbocycles. The number of ether oxygens (including phenoxy) is 1. The van der Waals surface area contributed by atoms with Crippen LogP contribution < -0.4 is 4.74 Å². The summed E-state index contributed by atoms with van der Waals surface area (Å²) >= 11 is 0. The van der Waals surface area contributed by atoms with Crippen LogP contribution in [0.15, 0.2) is 79.2 Å². The summed E-state index contributed by atoms with van der Waals surface area (Å²) in [6.07, 6.45) is 31.6. The fourth-order valence-electron chi connectivity index (χ4n) is 7.54. The van der Waals surface area contributed by atoms with Gasteiger partial charge in [-0.25, -0.2) is 0 Å². The van der Waals surface area contributed by atoms with Crippen LogP contribution in [-0.2, 0) is 0 Å². The standard InChI is InChI=1S/C45H60N4O/c1-2-3-4-5-6-7-8-9-10-11-13-22-38(45-41-25-17-16-21-37(41)28-29-47-45)23-14-12-15-24-39(35-46)43-36-48-44-27-26-40(34-42(43)44)50-33-20-32-49-30-18-19-31-49/h9-10,16-17,21,24-29,34,36,38,48H,2-8,11-15,18-20,22-23,30-33H2,1H3/b10-9-,39-24+. The van der Waals surface area contributed by atoms with Crippen molar-refractivity contribution in [1.29, 1.82) is 5.26 Å². The van der Waals surface area contributed by atoms with Gasteiger partial charge in [-0.1, -0.05) is 87.9 Å². The van der Waals surface area contributed by atoms with E-state index in [0.29, 0.717) is 12.5 Å². The van der Waals surface area contributed by atoms with Gasteiger partial charge in [0.2, 0.25) is 0 Å². The van der Waals surface area contributed by atoms with Gasteiger partial charge in [-0.05, 0) is 113 Å². The minimum atomic E-state index is 0.440. The second-order valence-electron chi connectivity index (χ2n) is 14.2. The van der Waals surface area contributed by atoms with E-state index in [9.17, 15) is 5.26 Å². The normalized spacial score (nSPS) is 14.6. The predicted octanol–water partition coefficient (Wildman–Crippen LogP) is 12.3. The predicted molar refractivity (Wildman–Crippen MR) is 212 cm³/mol. The minimum absolute atomic E-state index is 0.440. The summed E-state index contributed by atoms with van der Waals surface area (Å²) in [4.78, 5) is 10.8. The quantitative estimate of drug-likeness (QED) is 0.0484. The molecule has 0 bridgehead atoms. The number of likely N-dealkylation sites (tertiary alicyclic amines) is 1. The monoisotopic (exact) mass is 672 g/mol. The molecule has 0 radical (unpaired) electrons. The van der Waals surface area contributed by atoms with Gasteiger partial charge in [-0.15, -0.1) is 0 Å². The van der Waals surface area contributed by atoms with E-state index in [1.54, 1.807) is 0 Å². The molecule has 1 unspecified atom stereocenters. The average molecular weight is 673 g/mol. The van der Waals surface area contributed by atoms with Gasteiger partial charge in [-0.3, -0.25) is 4.98 Å². The third kappa shape index (κ3) is 11.6. The van der Waals surface area contributed by atoms with Crippen LogP contribution in [0.4, 0.5) is 0 Å². The Morgan fingerprint density at radius 3 is 2.52 bits per heavy atom. The Kier molecular flexibility index (Phi) is 16.0. The summed E-state index contributed by atoms with van der Waals surface area (Å²) in [5.74, 6) is 1.31. The maximum atomic E-state index is 10.1. The van der Waals surface area contributed by atoms with Crippen molar-refractivity contribution in [2.75, 3.05) is 26.2 Å². The highest BCUT2D eigenvalue weighted by atomic mass is 16.5. The number of pyridine rings is 1. The van der Waals surface area contributed by atoms with E-state index in [2.05, 4.69) is 83.6 Å². The Bertz CT molecular complexity index is 1670. The van der Waals surface area contributed by atoms with Crippen LogP contribution in [0.5, 0.6) is 5.75 Å². The number of unbranched alkanes of at least 4 members (excludes halogenated alkanes) is 9. The van der Waals surface area contributed by atoms with Gasteiger partial charge in [0.05, 0.1) is 23.9 Å². The number of benzene rings is 2. The summed E-state index contributed by atoms with van der Waals surface area (Å²) in [6.45, 7) is 6.55. The Morgan fingerprint density at radius 2 is 1.66 bits per heavy atom. The second-order valence-corrected chi connectivity index (χ2v) is 14.2. The number of nitrogens with zero attached hydrogens (tertiary/aromatic N) is 3. The number of allylic oxidation sites excluding steroid dienone is 4. The molecule has 4 aromatic rings. The third-order valence-electron chi connectivity index (χ3n) is 10.4. The van der Waals surface area contributed by atoms with Crippen molar-refractivity contribution in [2.24, 2.45) is 0 Å². The van der Waals surface area contributed by atoms with Gasteiger partial charge in [-0.2, -0.15) is 5.26 Å². The lowest BCUT2D eigenvalue weighted by molar-refractivity contribution is 0.263. The summed E-state index contributed by atoms with van der Waals surface area (Å²) in [7, 11) is 0. The summed E-state index contributed by atoms with van der Waals surface area (Å²) in [6, 6.07) is 19.5. The van der Waals surface area contributed by atoms with Crippen LogP contribution in [0.2, 0.25) is 0 Å². The number of aromatic amines is 1. The molecule has 1 saturated heterocycles. The Balaban J connectivity index is 1.12. The molecular formula is C45H60N4O. The summed E-state index contributed by atoms with van der Waals surface area (Å²) in [5.41, 5.74) is 3.99. The number of nitrogens with one attached hydrogen (secondary N) is 1. The molecule has 5 rings (SSSR count). The van der Waals surface area contributed by atoms with Gasteiger partial charge < -0.3 is 14.6 Å². The van der Waals surface area contributed by atoms with E-state index >= 15 is 0 Å². The molecule has 5 heteroatoms. The van der Waals surface area contributed by atoms with E-state index in [4.69, 9.17) is 9.72 Å². The van der Waals surface area contributed by atoms with Crippen molar-refractivity contribution >= 4 is 27.2 Å². The SMILES string of the molecule is CCCCCCCC/C=C\CCCC(CCCC/C=C(\C#N)c1c[nH]c2ccc(OCCCN3CCCC3)cc12)c1nccc2ccccc12. The van der Waals surface area contributed by atoms with Crippen LogP contribution in [0.1, 0.15) is 133 Å². The molecule has 5 nitrogen and oxygen atoms in total. The van der Waals surface area contributed by atoms with Gasteiger partial charge in [0.1, 0.15) is 5.75 Å². The molecule has 0 spiro atoms. The van der Waals surface area contributed by atoms with E-state index in [1.807, 2.05) is 18.5 Å². The zero-order valence-corrected chi connectivity index (χ0v) is 30.7. The summed E-state index contributed by atoms with van der Waals surface area (Å²) < 4.78 is 6.13. The molecule has 0 aliphatic carbocycles. The zero-order chi connectivity index (χ0) is 34.6. The molecule has 1 atom stereocenters. The van der Waals surface area contributed by atoms with Crippen molar-refractivity contribution < 1.29 is 4.74 Å². The largest absolute Gasteiger partial charge is 0.494 e. The zero-order valence-electron chi connectivity index (χ0n) is 30.7. The number of nitriles is 1. The van der Waals surface area contributed by atoms with Crippen molar-refractivity contribution in [2.45, 2.75) is 122 Å². The summed E-state index contributed by atoms with van der Waals surface area (Å²) in [5, 5.41) is 13.8. The molecule has 1 aliphatic heterocycles. The van der Waals surface area contributed by atoms with E-state index in [0.717, 1.165) is 79.3 Å². The number of hydrogen-bond donors (Lipinski definition) is 1. The van der Waals surface area contributed by atoms with Crippen molar-refractivity contribution in [3.63, 3.8) is 0 Å². The molecule has 3 heterocycles. The molecule has 0 saturated carbocycles. The third-order valence-corrected chi connectivity index (χ3v) is 10.4. The lowest BCUT2D eigenvalue weighted by Gasteiger charge is -2.18. The molecule has 2 aromatic heterocycles. The van der Waals surface area contributed by atoms with Crippen molar-refractivity contribution in [3.8, 4) is 11.8 Å². The van der Waals surface area contributed by atoms with Gasteiger partial charge in [0.15, 0.2) is 0 Å². The highest BCUT2D eigenvalue weighted by Gasteiger charge is 2.16. The van der Waals surface area contributed by atoms with Gasteiger partial charge in [0.25, 0.3) is 0 Å². The number of aromatic nitrogens is 2. The lowest BCUT2D eigenvalue weighted by Crippen LogP contribution is -2.21. The topological polar surface area (TPSA) is 64.9 Å². The molecular weight excluding hydrogens is 613 g/mol. The average Bonchev–Trinajstić information content (AvgIpc) is 3.83. The Labute approximate surface area is 301 Å². The first-order chi connectivity index (χ1) is 24.8. The van der Waals surface area contributed by atoms with Gasteiger partial charge in [0, 0.05) is 46.7 Å². The molecule has 1 aliphatic rings. The van der Waals surface area contributed by atoms with E-state index < -0.39 is 0 Å². The first kappa shape index (κ1) is 37.4. The highest BCUT2D eigenvalue weighted by Crippen LogP contribution is 2.33. The second kappa shape index (κ2) is 21.4. The molecule has 0 amide bonds. The fraction of sp³-hybridized carbons (Fsp3) is 0.511. The number of H-pyrrole nitrogens is 1. The lowest BCUT2D eigenvalue weighted by atomic mass is 9.89. The van der Waals surface area contributed by atoms with Crippen LogP contribution in [0, 0.1) is 11.3 Å². The number of fused-ring (bicyclic) bond motifs is 2. The maximum Gasteiger partial charge on any atom is 0.120 e. The first-order valence-corrected chi connectivity index (χ1v) is 19.8. The molecule has 1 fully saturated rings. The van der Waals surface area contributed by atoms with E-state index in [-0.39, 0.29) is 0 Å². The molecule has 1 N–H and O–H groups in total. The van der Waals surface area contributed by atoms with Crippen molar-refractivity contribution in [1.82, 2.24) is 14.9 Å². The highest BCUT2D eigenvalue weighted by molar-refractivity contribution is 5.96. The van der Waals surface area contributed by atoms with Crippen LogP contribution in [0.3, 0.4) is 0 Å². The molecule has 266 valence electrons. The van der Waals surface area contributed by atoms with Crippen molar-refractivity contribution in [3.05, 3.63) is 90.4 Å². The van der Waals surface area contributed by atoms with Crippen LogP contribution >= 0.6 is 0 Å². The van der Waals surface area contributed by atoms with Gasteiger partial charge >= 0.3 is 0 Å². The smallest absolute Gasteiger partial charge is 0.120 e. The first-order valence-electron chi connectivity index (χ1n) is 19.8. The minimum Gasteiger partial charge on any atom is -0.494 e. The number of hydrogen-bond acceptors (Lipinski definition) is 4. The fourth-order valence-corrected chi connectivity index (χ4v) is 7.54. The maximum absolute atomic E-state index is 10.1.